The van der Waals surface area contributed by atoms with Crippen molar-refractivity contribution in [3.8, 4) is 28.7 Å². The highest BCUT2D eigenvalue weighted by molar-refractivity contribution is 5.84. The van der Waals surface area contributed by atoms with Gasteiger partial charge in [0, 0.05) is 6.07 Å². The zero-order chi connectivity index (χ0) is 23.7. The molecule has 0 radical (unpaired) electrons. The van der Waals surface area contributed by atoms with Gasteiger partial charge in [0.05, 0.1) is 17.1 Å². The Morgan fingerprint density at radius 2 is 1.12 bits per heavy atom. The number of phenols is 3. The van der Waals surface area contributed by atoms with E-state index in [0.29, 0.717) is 28.6 Å². The highest BCUT2D eigenvalue weighted by atomic mass is 16.5. The van der Waals surface area contributed by atoms with Crippen molar-refractivity contribution in [3.63, 3.8) is 0 Å². The van der Waals surface area contributed by atoms with Crippen molar-refractivity contribution < 1.29 is 20.1 Å². The van der Waals surface area contributed by atoms with E-state index < -0.39 is 0 Å². The summed E-state index contributed by atoms with van der Waals surface area (Å²) < 4.78 is 6.20. The Bertz CT molecular complexity index is 1260. The van der Waals surface area contributed by atoms with Crippen molar-refractivity contribution in [1.29, 1.82) is 0 Å². The molecule has 5 heteroatoms. The molecule has 0 aromatic heterocycles. The molecule has 33 heavy (non-hydrogen) atoms. The third-order valence-corrected chi connectivity index (χ3v) is 5.66. The number of benzene rings is 4. The number of hydrogen-bond donors (Lipinski definition) is 3. The lowest BCUT2D eigenvalue weighted by atomic mass is 10.1. The van der Waals surface area contributed by atoms with Crippen molar-refractivity contribution in [2.45, 2.75) is 27.7 Å². The summed E-state index contributed by atoms with van der Waals surface area (Å²) in [6, 6.07) is 21.8. The van der Waals surface area contributed by atoms with E-state index in [1.54, 1.807) is 12.1 Å². The van der Waals surface area contributed by atoms with Crippen LogP contribution in [0.1, 0.15) is 22.3 Å². The van der Waals surface area contributed by atoms with Crippen LogP contribution in [0.3, 0.4) is 0 Å². The average molecular weight is 442 g/mol. The van der Waals surface area contributed by atoms with Crippen LogP contribution in [-0.2, 0) is 0 Å². The molecule has 0 saturated heterocycles. The molecule has 0 spiro atoms. The Labute approximate surface area is 193 Å². The van der Waals surface area contributed by atoms with E-state index in [1.807, 2.05) is 93.3 Å². The Balaban J connectivity index is 1.85. The Hall–Kier alpha value is -4.12. The van der Waals surface area contributed by atoms with Crippen LogP contribution in [0.5, 0.6) is 28.7 Å². The van der Waals surface area contributed by atoms with Gasteiger partial charge in [-0.2, -0.15) is 0 Å². The second-order valence-corrected chi connectivity index (χ2v) is 8.23. The van der Waals surface area contributed by atoms with Crippen molar-refractivity contribution in [3.05, 3.63) is 95.1 Å². The molecular weight excluding hydrogens is 414 g/mol. The molecule has 0 heterocycles. The van der Waals surface area contributed by atoms with E-state index in [4.69, 9.17) is 4.74 Å². The summed E-state index contributed by atoms with van der Waals surface area (Å²) in [5.74, 6) is 1.73. The zero-order valence-corrected chi connectivity index (χ0v) is 19.1. The van der Waals surface area contributed by atoms with Gasteiger partial charge in [-0.15, -0.1) is 0 Å². The molecule has 0 fully saturated rings. The molecule has 0 unspecified atom stereocenters. The summed E-state index contributed by atoms with van der Waals surface area (Å²) in [7, 11) is 0. The van der Waals surface area contributed by atoms with Gasteiger partial charge in [-0.25, -0.2) is 0 Å². The number of ether oxygens (including phenoxy) is 1. The first-order valence-corrected chi connectivity index (χ1v) is 10.7. The SMILES string of the molecule is Cc1cccc(N(c2cccc(Oc3c(C)cc(O)cc3C)c2)c2cccc(C)c2O)c1O. The third-order valence-electron chi connectivity index (χ3n) is 5.66. The molecule has 0 amide bonds. The number of phenolic OH excluding ortho intramolecular Hbond substituents is 3. The first kappa shape index (κ1) is 22.1. The topological polar surface area (TPSA) is 73.2 Å². The van der Waals surface area contributed by atoms with Gasteiger partial charge in [-0.3, -0.25) is 0 Å². The minimum atomic E-state index is 0.134. The molecule has 4 aromatic carbocycles. The maximum Gasteiger partial charge on any atom is 0.142 e. The fourth-order valence-electron chi connectivity index (χ4n) is 3.95. The Kier molecular flexibility index (Phi) is 5.88. The summed E-state index contributed by atoms with van der Waals surface area (Å²) in [5.41, 5.74) is 4.91. The Morgan fingerprint density at radius 1 is 0.606 bits per heavy atom. The molecule has 0 saturated carbocycles. The number of aromatic hydroxyl groups is 3. The van der Waals surface area contributed by atoms with E-state index in [1.165, 1.54) is 0 Å². The molecule has 3 N–H and O–H groups in total. The maximum absolute atomic E-state index is 10.9. The predicted octanol–water partition coefficient (Wildman–Crippen LogP) is 7.30. The largest absolute Gasteiger partial charge is 0.508 e. The second kappa shape index (κ2) is 8.79. The number of hydrogen-bond acceptors (Lipinski definition) is 5. The van der Waals surface area contributed by atoms with Gasteiger partial charge in [0.1, 0.15) is 28.7 Å². The van der Waals surface area contributed by atoms with Gasteiger partial charge in [0.25, 0.3) is 0 Å². The minimum Gasteiger partial charge on any atom is -0.508 e. The van der Waals surface area contributed by atoms with Gasteiger partial charge in [-0.1, -0.05) is 30.3 Å². The normalized spacial score (nSPS) is 10.8. The molecule has 168 valence electrons. The maximum atomic E-state index is 10.9. The van der Waals surface area contributed by atoms with Gasteiger partial charge in [0.2, 0.25) is 0 Å². The third kappa shape index (κ3) is 4.30. The fraction of sp³-hybridized carbons (Fsp3) is 0.143. The molecule has 0 aliphatic heterocycles. The first-order chi connectivity index (χ1) is 15.8. The van der Waals surface area contributed by atoms with Gasteiger partial charge >= 0.3 is 0 Å². The number of aryl methyl sites for hydroxylation is 4. The second-order valence-electron chi connectivity index (χ2n) is 8.23. The number of rotatable bonds is 5. The summed E-state index contributed by atoms with van der Waals surface area (Å²) in [4.78, 5) is 1.81. The minimum absolute atomic E-state index is 0.134. The van der Waals surface area contributed by atoms with E-state index >= 15 is 0 Å². The standard InChI is InChI=1S/C28H27NO4/c1-17-8-5-12-24(26(17)31)29(25-13-6-9-18(2)27(25)32)21-10-7-11-23(16-21)33-28-19(3)14-22(30)15-20(28)4/h5-16,30-32H,1-4H3. The van der Waals surface area contributed by atoms with Crippen LogP contribution in [0.25, 0.3) is 0 Å². The van der Waals surface area contributed by atoms with Crippen LogP contribution in [0.4, 0.5) is 17.1 Å². The van der Waals surface area contributed by atoms with Crippen molar-refractivity contribution >= 4 is 17.1 Å². The highest BCUT2D eigenvalue weighted by Crippen LogP contribution is 2.46. The smallest absolute Gasteiger partial charge is 0.142 e. The van der Waals surface area contributed by atoms with E-state index in [9.17, 15) is 15.3 Å². The predicted molar refractivity (Wildman–Crippen MR) is 132 cm³/mol. The molecule has 0 aliphatic rings. The van der Waals surface area contributed by atoms with Crippen molar-refractivity contribution in [2.24, 2.45) is 0 Å². The molecule has 0 atom stereocenters. The fourth-order valence-corrected chi connectivity index (χ4v) is 3.95. The van der Waals surface area contributed by atoms with Crippen LogP contribution in [-0.4, -0.2) is 15.3 Å². The van der Waals surface area contributed by atoms with Crippen LogP contribution >= 0.6 is 0 Å². The molecule has 4 rings (SSSR count). The zero-order valence-electron chi connectivity index (χ0n) is 19.1. The van der Waals surface area contributed by atoms with Crippen molar-refractivity contribution in [2.75, 3.05) is 4.90 Å². The van der Waals surface area contributed by atoms with E-state index in [0.717, 1.165) is 22.3 Å². The van der Waals surface area contributed by atoms with Crippen LogP contribution < -0.4 is 9.64 Å². The summed E-state index contributed by atoms with van der Waals surface area (Å²) in [5, 5.41) is 31.6. The van der Waals surface area contributed by atoms with E-state index in [2.05, 4.69) is 0 Å². The lowest BCUT2D eigenvalue weighted by molar-refractivity contribution is 0.458. The molecule has 0 aliphatic carbocycles. The number of para-hydroxylation sites is 2. The Morgan fingerprint density at radius 3 is 1.67 bits per heavy atom. The summed E-state index contributed by atoms with van der Waals surface area (Å²) in [6.07, 6.45) is 0. The van der Waals surface area contributed by atoms with Gasteiger partial charge in [0.15, 0.2) is 0 Å². The number of nitrogens with zero attached hydrogens (tertiary/aromatic N) is 1. The van der Waals surface area contributed by atoms with Crippen LogP contribution in [0.15, 0.2) is 72.8 Å². The van der Waals surface area contributed by atoms with E-state index in [-0.39, 0.29) is 17.2 Å². The molecule has 0 bridgehead atoms. The van der Waals surface area contributed by atoms with Gasteiger partial charge in [-0.05, 0) is 86.3 Å². The lowest BCUT2D eigenvalue weighted by Crippen LogP contribution is -2.11. The monoisotopic (exact) mass is 441 g/mol. The first-order valence-electron chi connectivity index (χ1n) is 10.7. The summed E-state index contributed by atoms with van der Waals surface area (Å²) >= 11 is 0. The number of anilines is 3. The lowest BCUT2D eigenvalue weighted by Gasteiger charge is -2.28. The summed E-state index contributed by atoms with van der Waals surface area (Å²) in [6.45, 7) is 7.44. The highest BCUT2D eigenvalue weighted by Gasteiger charge is 2.21. The van der Waals surface area contributed by atoms with Crippen LogP contribution in [0, 0.1) is 27.7 Å². The van der Waals surface area contributed by atoms with Crippen molar-refractivity contribution in [1.82, 2.24) is 0 Å². The van der Waals surface area contributed by atoms with Crippen LogP contribution in [0.2, 0.25) is 0 Å². The quantitative estimate of drug-likeness (QED) is 0.303. The molecule has 4 aromatic rings. The molecule has 5 nitrogen and oxygen atoms in total. The van der Waals surface area contributed by atoms with Gasteiger partial charge < -0.3 is 25.0 Å². The molecular formula is C28H27NO4. The average Bonchev–Trinajstić information content (AvgIpc) is 2.77.